The van der Waals surface area contributed by atoms with Gasteiger partial charge in [-0.15, -0.1) is 0 Å². The highest BCUT2D eigenvalue weighted by Gasteiger charge is 2.29. The standard InChI is InChI=1S/C24H31N3O5S/c1-3-4-13-25-23(28)19-9-7-14-27(17-19)24(29)18-8-5-10-20(15-18)26-33(30,31)22-12-6-11-21(16-22)32-2/h5-6,8,10-12,15-16,19,26H,3-4,7,9,13-14,17H2,1-2H3,(H,25,28). The monoisotopic (exact) mass is 473 g/mol. The molecule has 9 heteroatoms. The highest BCUT2D eigenvalue weighted by atomic mass is 32.2. The normalized spacial score (nSPS) is 16.2. The molecule has 0 radical (unpaired) electrons. The molecule has 2 aromatic carbocycles. The first-order chi connectivity index (χ1) is 15.8. The Kier molecular flexibility index (Phi) is 8.32. The maximum absolute atomic E-state index is 13.1. The van der Waals surface area contributed by atoms with E-state index in [4.69, 9.17) is 4.74 Å². The first-order valence-corrected chi connectivity index (χ1v) is 12.7. The Morgan fingerprint density at radius 3 is 2.70 bits per heavy atom. The molecule has 0 spiro atoms. The summed E-state index contributed by atoms with van der Waals surface area (Å²) < 4.78 is 33.2. The number of nitrogens with zero attached hydrogens (tertiary/aromatic N) is 1. The lowest BCUT2D eigenvalue weighted by Gasteiger charge is -2.32. The number of methoxy groups -OCH3 is 1. The third-order valence-corrected chi connectivity index (χ3v) is 7.00. The van der Waals surface area contributed by atoms with E-state index in [-0.39, 0.29) is 28.3 Å². The molecular formula is C24H31N3O5S. The molecule has 178 valence electrons. The van der Waals surface area contributed by atoms with Gasteiger partial charge in [0.2, 0.25) is 5.91 Å². The average molecular weight is 474 g/mol. The van der Waals surface area contributed by atoms with Crippen LogP contribution in [0.25, 0.3) is 0 Å². The van der Waals surface area contributed by atoms with Crippen molar-refractivity contribution in [2.75, 3.05) is 31.5 Å². The molecular weight excluding hydrogens is 442 g/mol. The van der Waals surface area contributed by atoms with Gasteiger partial charge in [-0.3, -0.25) is 14.3 Å². The summed E-state index contributed by atoms with van der Waals surface area (Å²) >= 11 is 0. The summed E-state index contributed by atoms with van der Waals surface area (Å²) in [5, 5.41) is 2.95. The fraction of sp³-hybridized carbons (Fsp3) is 0.417. The zero-order valence-electron chi connectivity index (χ0n) is 19.0. The first kappa shape index (κ1) is 24.6. The van der Waals surface area contributed by atoms with Crippen LogP contribution in [0.15, 0.2) is 53.4 Å². The summed E-state index contributed by atoms with van der Waals surface area (Å²) in [4.78, 5) is 27.3. The van der Waals surface area contributed by atoms with Crippen molar-refractivity contribution in [1.29, 1.82) is 0 Å². The second kappa shape index (κ2) is 11.2. The number of ether oxygens (including phenoxy) is 1. The predicted molar refractivity (Wildman–Crippen MR) is 127 cm³/mol. The summed E-state index contributed by atoms with van der Waals surface area (Å²) in [7, 11) is -2.39. The van der Waals surface area contributed by atoms with E-state index in [0.29, 0.717) is 30.9 Å². The summed E-state index contributed by atoms with van der Waals surface area (Å²) in [6.45, 7) is 3.64. The van der Waals surface area contributed by atoms with Crippen LogP contribution in [0.3, 0.4) is 0 Å². The third kappa shape index (κ3) is 6.47. The van der Waals surface area contributed by atoms with Crippen molar-refractivity contribution in [2.45, 2.75) is 37.5 Å². The van der Waals surface area contributed by atoms with Crippen LogP contribution >= 0.6 is 0 Å². The molecule has 1 saturated heterocycles. The predicted octanol–water partition coefficient (Wildman–Crippen LogP) is 3.26. The number of amides is 2. The van der Waals surface area contributed by atoms with Crippen molar-refractivity contribution in [3.8, 4) is 5.75 Å². The second-order valence-corrected chi connectivity index (χ2v) is 9.78. The minimum absolute atomic E-state index is 0.0132. The maximum atomic E-state index is 13.1. The molecule has 1 fully saturated rings. The molecule has 1 aliphatic heterocycles. The molecule has 3 rings (SSSR count). The van der Waals surface area contributed by atoms with Gasteiger partial charge in [-0.05, 0) is 49.6 Å². The molecule has 33 heavy (non-hydrogen) atoms. The lowest BCUT2D eigenvalue weighted by Crippen LogP contribution is -2.45. The topological polar surface area (TPSA) is 105 Å². The molecule has 2 aromatic rings. The molecule has 0 aliphatic carbocycles. The van der Waals surface area contributed by atoms with Gasteiger partial charge in [0, 0.05) is 37.0 Å². The molecule has 1 aliphatic rings. The Morgan fingerprint density at radius 2 is 1.94 bits per heavy atom. The summed E-state index contributed by atoms with van der Waals surface area (Å²) in [6.07, 6.45) is 3.44. The lowest BCUT2D eigenvalue weighted by molar-refractivity contribution is -0.126. The van der Waals surface area contributed by atoms with E-state index in [1.807, 2.05) is 0 Å². The molecule has 0 saturated carbocycles. The van der Waals surface area contributed by atoms with Crippen LogP contribution in [0.1, 0.15) is 43.0 Å². The van der Waals surface area contributed by atoms with Gasteiger partial charge in [-0.2, -0.15) is 0 Å². The number of sulfonamides is 1. The maximum Gasteiger partial charge on any atom is 0.262 e. The number of rotatable bonds is 9. The highest BCUT2D eigenvalue weighted by molar-refractivity contribution is 7.92. The van der Waals surface area contributed by atoms with Crippen molar-refractivity contribution in [3.05, 3.63) is 54.1 Å². The quantitative estimate of drug-likeness (QED) is 0.544. The largest absolute Gasteiger partial charge is 0.497 e. The van der Waals surface area contributed by atoms with E-state index in [9.17, 15) is 18.0 Å². The number of hydrogen-bond acceptors (Lipinski definition) is 5. The lowest BCUT2D eigenvalue weighted by atomic mass is 9.96. The van der Waals surface area contributed by atoms with Gasteiger partial charge in [-0.1, -0.05) is 25.5 Å². The van der Waals surface area contributed by atoms with Gasteiger partial charge in [0.15, 0.2) is 0 Å². The molecule has 0 bridgehead atoms. The minimum Gasteiger partial charge on any atom is -0.497 e. The SMILES string of the molecule is CCCCNC(=O)C1CCCN(C(=O)c2cccc(NS(=O)(=O)c3cccc(OC)c3)c2)C1. The van der Waals surface area contributed by atoms with Crippen molar-refractivity contribution >= 4 is 27.5 Å². The van der Waals surface area contributed by atoms with Crippen LogP contribution in [0.4, 0.5) is 5.69 Å². The van der Waals surface area contributed by atoms with Gasteiger partial charge in [0.25, 0.3) is 15.9 Å². The molecule has 0 aromatic heterocycles. The van der Waals surface area contributed by atoms with Crippen molar-refractivity contribution in [2.24, 2.45) is 5.92 Å². The van der Waals surface area contributed by atoms with Gasteiger partial charge in [0.05, 0.1) is 17.9 Å². The fourth-order valence-electron chi connectivity index (χ4n) is 3.79. The summed E-state index contributed by atoms with van der Waals surface area (Å²) in [6, 6.07) is 12.6. The minimum atomic E-state index is -3.85. The molecule has 1 heterocycles. The molecule has 2 amide bonds. The molecule has 1 unspecified atom stereocenters. The summed E-state index contributed by atoms with van der Waals surface area (Å²) in [5.41, 5.74) is 0.655. The first-order valence-electron chi connectivity index (χ1n) is 11.2. The number of piperidine rings is 1. The van der Waals surface area contributed by atoms with Crippen LogP contribution in [-0.4, -0.2) is 51.9 Å². The van der Waals surface area contributed by atoms with E-state index < -0.39 is 10.0 Å². The second-order valence-electron chi connectivity index (χ2n) is 8.10. The van der Waals surface area contributed by atoms with Gasteiger partial charge in [0.1, 0.15) is 5.75 Å². The van der Waals surface area contributed by atoms with Gasteiger partial charge in [-0.25, -0.2) is 8.42 Å². The highest BCUT2D eigenvalue weighted by Crippen LogP contribution is 2.23. The Bertz CT molecular complexity index is 1090. The molecule has 1 atom stereocenters. The van der Waals surface area contributed by atoms with E-state index in [1.165, 1.54) is 25.3 Å². The van der Waals surface area contributed by atoms with Crippen molar-refractivity contribution in [1.82, 2.24) is 10.2 Å². The zero-order chi connectivity index (χ0) is 23.8. The van der Waals surface area contributed by atoms with E-state index in [2.05, 4.69) is 17.0 Å². The molecule has 2 N–H and O–H groups in total. The number of carbonyl (C=O) groups excluding carboxylic acids is 2. The van der Waals surface area contributed by atoms with E-state index in [0.717, 1.165) is 25.7 Å². The van der Waals surface area contributed by atoms with Crippen LogP contribution in [-0.2, 0) is 14.8 Å². The number of likely N-dealkylation sites (tertiary alicyclic amines) is 1. The number of anilines is 1. The Balaban J connectivity index is 1.69. The summed E-state index contributed by atoms with van der Waals surface area (Å²) in [5.74, 6) is -0.0290. The molecule has 8 nitrogen and oxygen atoms in total. The van der Waals surface area contributed by atoms with Gasteiger partial charge < -0.3 is 15.0 Å². The van der Waals surface area contributed by atoms with E-state index >= 15 is 0 Å². The number of nitrogens with one attached hydrogen (secondary N) is 2. The van der Waals surface area contributed by atoms with Crippen LogP contribution in [0.2, 0.25) is 0 Å². The Morgan fingerprint density at radius 1 is 1.15 bits per heavy atom. The van der Waals surface area contributed by atoms with Gasteiger partial charge >= 0.3 is 0 Å². The number of hydrogen-bond donors (Lipinski definition) is 2. The van der Waals surface area contributed by atoms with E-state index in [1.54, 1.807) is 35.2 Å². The number of unbranched alkanes of at least 4 members (excludes halogenated alkanes) is 1. The third-order valence-electron chi connectivity index (χ3n) is 5.62. The smallest absolute Gasteiger partial charge is 0.262 e. The van der Waals surface area contributed by atoms with Crippen LogP contribution in [0.5, 0.6) is 5.75 Å². The zero-order valence-corrected chi connectivity index (χ0v) is 19.9. The fourth-order valence-corrected chi connectivity index (χ4v) is 4.87. The Labute approximate surface area is 195 Å². The van der Waals surface area contributed by atoms with Crippen molar-refractivity contribution in [3.63, 3.8) is 0 Å². The van der Waals surface area contributed by atoms with Crippen molar-refractivity contribution < 1.29 is 22.7 Å². The van der Waals surface area contributed by atoms with Crippen LogP contribution in [0, 0.1) is 5.92 Å². The average Bonchev–Trinajstić information content (AvgIpc) is 2.83. The number of benzene rings is 2. The van der Waals surface area contributed by atoms with Crippen LogP contribution < -0.4 is 14.8 Å². The number of carbonyl (C=O) groups is 2. The Hall–Kier alpha value is -3.07.